The van der Waals surface area contributed by atoms with Gasteiger partial charge in [0.2, 0.25) is 5.95 Å². The fraction of sp³-hybridized carbons (Fsp3) is 0.385. The van der Waals surface area contributed by atoms with Crippen molar-refractivity contribution in [2.45, 2.75) is 17.7 Å². The number of sulfone groups is 1. The Morgan fingerprint density at radius 1 is 1.41 bits per heavy atom. The minimum absolute atomic E-state index is 0.0509. The van der Waals surface area contributed by atoms with Gasteiger partial charge in [0, 0.05) is 24.4 Å². The molecule has 1 aromatic carbocycles. The van der Waals surface area contributed by atoms with Gasteiger partial charge in [-0.15, -0.1) is 0 Å². The Morgan fingerprint density at radius 3 is 2.59 bits per heavy atom. The van der Waals surface area contributed by atoms with Crippen LogP contribution in [0, 0.1) is 0 Å². The Morgan fingerprint density at radius 2 is 2.07 bits per heavy atom. The Kier molecular flexibility index (Phi) is 6.39. The van der Waals surface area contributed by atoms with Crippen molar-refractivity contribution in [3.63, 3.8) is 0 Å². The molecule has 0 spiro atoms. The summed E-state index contributed by atoms with van der Waals surface area (Å²) in [5, 5.41) is 13.3. The second kappa shape index (κ2) is 8.04. The first kappa shape index (κ1) is 21.5. The summed E-state index contributed by atoms with van der Waals surface area (Å²) in [6.45, 7) is -2.22. The predicted octanol–water partition coefficient (Wildman–Crippen LogP) is 2.13. The van der Waals surface area contributed by atoms with Gasteiger partial charge >= 0.3 is 6.18 Å². The zero-order valence-corrected chi connectivity index (χ0v) is 16.3. The second-order valence-corrected chi connectivity index (χ2v) is 8.13. The summed E-state index contributed by atoms with van der Waals surface area (Å²) >= 11 is 11.4. The van der Waals surface area contributed by atoms with Gasteiger partial charge < -0.3 is 10.1 Å². The molecule has 0 unspecified atom stereocenters. The van der Waals surface area contributed by atoms with Crippen molar-refractivity contribution in [2.75, 3.05) is 18.2 Å². The lowest BCUT2D eigenvalue weighted by molar-refractivity contribution is -0.176. The van der Waals surface area contributed by atoms with Crippen molar-refractivity contribution < 1.29 is 26.3 Å². The van der Waals surface area contributed by atoms with E-state index in [2.05, 4.69) is 25.6 Å². The number of nitrogens with one attached hydrogen (secondary N) is 1. The van der Waals surface area contributed by atoms with Gasteiger partial charge in [0.25, 0.3) is 0 Å². The number of aryl methyl sites for hydroxylation is 1. The number of hydrogen-bond donors (Lipinski definition) is 1. The summed E-state index contributed by atoms with van der Waals surface area (Å²) < 4.78 is 66.7. The summed E-state index contributed by atoms with van der Waals surface area (Å²) in [4.78, 5) is -0.198. The van der Waals surface area contributed by atoms with Gasteiger partial charge in [-0.3, -0.25) is 0 Å². The van der Waals surface area contributed by atoms with Crippen LogP contribution in [-0.2, 0) is 28.2 Å². The molecule has 0 aliphatic heterocycles. The molecule has 27 heavy (non-hydrogen) atoms. The minimum atomic E-state index is -4.57. The molecular weight excluding hydrogens is 431 g/mol. The number of benzene rings is 1. The molecule has 14 heteroatoms. The smallest absolute Gasteiger partial charge is 0.367 e. The van der Waals surface area contributed by atoms with E-state index in [0.717, 1.165) is 6.26 Å². The summed E-state index contributed by atoms with van der Waals surface area (Å²) in [5.74, 6) is 0.193. The number of anilines is 1. The third-order valence-electron chi connectivity index (χ3n) is 3.20. The van der Waals surface area contributed by atoms with Gasteiger partial charge in [-0.1, -0.05) is 28.9 Å². The van der Waals surface area contributed by atoms with Gasteiger partial charge in [0.15, 0.2) is 9.84 Å². The molecule has 2 rings (SSSR count). The molecular formula is C13H13ClF3N5O3S2. The summed E-state index contributed by atoms with van der Waals surface area (Å²) in [7, 11) is -2.22. The van der Waals surface area contributed by atoms with Crippen LogP contribution in [-0.4, -0.2) is 52.7 Å². The number of hydrogen-bond acceptors (Lipinski definition) is 7. The van der Waals surface area contributed by atoms with E-state index in [1.165, 1.54) is 16.8 Å². The molecule has 1 N–H and O–H groups in total. The Bertz CT molecular complexity index is 963. The number of aromatic nitrogens is 4. The first-order chi connectivity index (χ1) is 12.4. The fourth-order valence-corrected chi connectivity index (χ4v) is 3.64. The van der Waals surface area contributed by atoms with Crippen LogP contribution in [0.2, 0.25) is 5.02 Å². The van der Waals surface area contributed by atoms with Crippen LogP contribution < -0.4 is 5.32 Å². The Hall–Kier alpha value is -1.83. The van der Waals surface area contributed by atoms with Crippen LogP contribution in [0.25, 0.3) is 0 Å². The highest BCUT2D eigenvalue weighted by atomic mass is 35.5. The topological polar surface area (TPSA) is 99.0 Å². The maximum absolute atomic E-state index is 12.3. The molecule has 148 valence electrons. The van der Waals surface area contributed by atoms with Gasteiger partial charge in [-0.05, 0) is 22.6 Å². The van der Waals surface area contributed by atoms with Crippen molar-refractivity contribution >= 4 is 44.6 Å². The molecule has 2 aromatic rings. The highest BCUT2D eigenvalue weighted by Gasteiger charge is 2.28. The standard InChI is InChI=1S/C13H13ClF3N5O3S2/c1-22-12(19-20-21-22)18-11(26)7-3-4-9(27(2,23)24)8(10(7)14)5-25-6-13(15,16)17/h3-4H,5-6H2,1-2H3,(H,18,19,21,26). The Balaban J connectivity index is 2.38. The molecule has 0 saturated heterocycles. The maximum Gasteiger partial charge on any atom is 0.411 e. The van der Waals surface area contributed by atoms with Gasteiger partial charge in [0.05, 0.1) is 16.5 Å². The number of tetrazole rings is 1. The third-order valence-corrected chi connectivity index (χ3v) is 5.14. The average Bonchev–Trinajstić information content (AvgIpc) is 2.91. The second-order valence-electron chi connectivity index (χ2n) is 5.36. The predicted molar refractivity (Wildman–Crippen MR) is 94.4 cm³/mol. The van der Waals surface area contributed by atoms with E-state index in [4.69, 9.17) is 23.8 Å². The molecule has 0 aliphatic rings. The summed E-state index contributed by atoms with van der Waals surface area (Å²) in [5.41, 5.74) is 0.0637. The van der Waals surface area contributed by atoms with Crippen molar-refractivity contribution in [1.82, 2.24) is 20.2 Å². The number of nitrogens with zero attached hydrogens (tertiary/aromatic N) is 4. The molecule has 0 radical (unpaired) electrons. The highest BCUT2D eigenvalue weighted by molar-refractivity contribution is 7.90. The van der Waals surface area contributed by atoms with Crippen molar-refractivity contribution in [1.29, 1.82) is 0 Å². The lowest BCUT2D eigenvalue weighted by Crippen LogP contribution is -2.19. The number of thiocarbonyl (C=S) groups is 1. The minimum Gasteiger partial charge on any atom is -0.367 e. The van der Waals surface area contributed by atoms with E-state index in [1.807, 2.05) is 0 Å². The number of halogens is 4. The third kappa shape index (κ3) is 5.57. The average molecular weight is 444 g/mol. The lowest BCUT2D eigenvalue weighted by atomic mass is 10.1. The van der Waals surface area contributed by atoms with Gasteiger partial charge in [-0.2, -0.15) is 13.2 Å². The van der Waals surface area contributed by atoms with Crippen molar-refractivity contribution in [3.05, 3.63) is 28.3 Å². The molecule has 1 aromatic heterocycles. The zero-order valence-electron chi connectivity index (χ0n) is 13.9. The molecule has 0 amide bonds. The number of rotatable bonds is 6. The van der Waals surface area contributed by atoms with Crippen LogP contribution in [0.15, 0.2) is 17.0 Å². The van der Waals surface area contributed by atoms with Crippen molar-refractivity contribution in [2.24, 2.45) is 7.05 Å². The van der Waals surface area contributed by atoms with Crippen LogP contribution in [0.5, 0.6) is 0 Å². The largest absolute Gasteiger partial charge is 0.411 e. The monoisotopic (exact) mass is 443 g/mol. The molecule has 0 bridgehead atoms. The van der Waals surface area contributed by atoms with E-state index < -0.39 is 29.2 Å². The SMILES string of the molecule is Cn1nnnc1NC(=S)c1ccc(S(C)(=O)=O)c(COCC(F)(F)F)c1Cl. The Labute approximate surface area is 162 Å². The molecule has 0 aliphatic carbocycles. The zero-order chi connectivity index (χ0) is 20.4. The van der Waals surface area contributed by atoms with Crippen LogP contribution in [0.4, 0.5) is 19.1 Å². The van der Waals surface area contributed by atoms with Gasteiger partial charge in [-0.25, -0.2) is 13.1 Å². The quantitative estimate of drug-likeness (QED) is 0.678. The molecule has 0 atom stereocenters. The highest BCUT2D eigenvalue weighted by Crippen LogP contribution is 2.30. The number of ether oxygens (including phenoxy) is 1. The molecule has 8 nitrogen and oxygen atoms in total. The first-order valence-corrected chi connectivity index (χ1v) is 9.77. The molecule has 0 fully saturated rings. The summed E-state index contributed by atoms with van der Waals surface area (Å²) in [6, 6.07) is 2.54. The van der Waals surface area contributed by atoms with Crippen LogP contribution in [0.3, 0.4) is 0 Å². The molecule has 1 heterocycles. The lowest BCUT2D eigenvalue weighted by Gasteiger charge is -2.16. The fourth-order valence-electron chi connectivity index (χ4n) is 2.03. The summed E-state index contributed by atoms with van der Waals surface area (Å²) in [6.07, 6.45) is -3.65. The maximum atomic E-state index is 12.3. The van der Waals surface area contributed by atoms with E-state index >= 15 is 0 Å². The van der Waals surface area contributed by atoms with Gasteiger partial charge in [0.1, 0.15) is 11.6 Å². The van der Waals surface area contributed by atoms with E-state index in [-0.39, 0.29) is 32.0 Å². The molecule has 0 saturated carbocycles. The van der Waals surface area contributed by atoms with E-state index in [0.29, 0.717) is 0 Å². The van der Waals surface area contributed by atoms with E-state index in [9.17, 15) is 21.6 Å². The van der Waals surface area contributed by atoms with Crippen LogP contribution >= 0.6 is 23.8 Å². The number of alkyl halides is 3. The van der Waals surface area contributed by atoms with Crippen molar-refractivity contribution in [3.8, 4) is 0 Å². The normalized spacial score (nSPS) is 12.2. The first-order valence-electron chi connectivity index (χ1n) is 7.10. The van der Waals surface area contributed by atoms with E-state index in [1.54, 1.807) is 7.05 Å². The van der Waals surface area contributed by atoms with Crippen LogP contribution in [0.1, 0.15) is 11.1 Å².